The first-order valence-electron chi connectivity index (χ1n) is 9.14. The molecule has 1 saturated heterocycles. The Morgan fingerprint density at radius 2 is 2.04 bits per heavy atom. The normalized spacial score (nSPS) is 17.9. The number of hydrogen-bond donors (Lipinski definition) is 0. The largest absolute Gasteiger partial charge is 0.336 e. The third kappa shape index (κ3) is 4.69. The van der Waals surface area contributed by atoms with Crippen molar-refractivity contribution in [2.24, 2.45) is 0 Å². The van der Waals surface area contributed by atoms with Crippen molar-refractivity contribution in [2.75, 3.05) is 20.6 Å². The number of nitrogens with zero attached hydrogens (tertiary/aromatic N) is 4. The number of aromatic nitrogens is 2. The molecule has 1 aromatic carbocycles. The van der Waals surface area contributed by atoms with Crippen LogP contribution in [0.4, 0.5) is 0 Å². The minimum atomic E-state index is 0.215. The maximum Gasteiger partial charge on any atom is 0.224 e. The van der Waals surface area contributed by atoms with Gasteiger partial charge in [-0.05, 0) is 50.6 Å². The van der Waals surface area contributed by atoms with Gasteiger partial charge in [0.15, 0.2) is 0 Å². The van der Waals surface area contributed by atoms with Crippen molar-refractivity contribution in [3.63, 3.8) is 0 Å². The van der Waals surface area contributed by atoms with Gasteiger partial charge in [0.1, 0.15) is 0 Å². The summed E-state index contributed by atoms with van der Waals surface area (Å²) in [4.78, 5) is 17.0. The van der Waals surface area contributed by atoms with E-state index >= 15 is 0 Å². The van der Waals surface area contributed by atoms with E-state index in [1.165, 1.54) is 17.5 Å². The van der Waals surface area contributed by atoms with Gasteiger partial charge in [-0.15, -0.1) is 0 Å². The monoisotopic (exact) mass is 340 g/mol. The maximum atomic E-state index is 12.8. The SMILES string of the molecule is CN(C)Cc1ccc(C2CCCCN2C(=O)CCn2cccn2)cc1. The Morgan fingerprint density at radius 1 is 1.24 bits per heavy atom. The second-order valence-electron chi connectivity index (χ2n) is 7.10. The average molecular weight is 340 g/mol. The second-order valence-corrected chi connectivity index (χ2v) is 7.10. The van der Waals surface area contributed by atoms with Gasteiger partial charge in [-0.1, -0.05) is 24.3 Å². The lowest BCUT2D eigenvalue weighted by atomic mass is 9.94. The lowest BCUT2D eigenvalue weighted by Crippen LogP contribution is -2.38. The number of likely N-dealkylation sites (tertiary alicyclic amines) is 1. The van der Waals surface area contributed by atoms with Crippen molar-refractivity contribution in [2.45, 2.75) is 44.8 Å². The summed E-state index contributed by atoms with van der Waals surface area (Å²) in [6.45, 7) is 2.45. The summed E-state index contributed by atoms with van der Waals surface area (Å²) in [5.74, 6) is 0.234. The zero-order valence-electron chi connectivity index (χ0n) is 15.3. The highest BCUT2D eigenvalue weighted by Gasteiger charge is 2.27. The summed E-state index contributed by atoms with van der Waals surface area (Å²) in [5.41, 5.74) is 2.57. The summed E-state index contributed by atoms with van der Waals surface area (Å²) in [6.07, 6.45) is 7.51. The van der Waals surface area contributed by atoms with Gasteiger partial charge in [-0.3, -0.25) is 9.48 Å². The molecule has 0 spiro atoms. The maximum absolute atomic E-state index is 12.8. The summed E-state index contributed by atoms with van der Waals surface area (Å²) in [6, 6.07) is 10.9. The molecule has 3 rings (SSSR count). The van der Waals surface area contributed by atoms with Crippen LogP contribution in [0.25, 0.3) is 0 Å². The van der Waals surface area contributed by atoms with E-state index in [0.29, 0.717) is 13.0 Å². The van der Waals surface area contributed by atoms with Crippen LogP contribution < -0.4 is 0 Å². The molecular formula is C20H28N4O. The van der Waals surface area contributed by atoms with Crippen molar-refractivity contribution in [1.82, 2.24) is 19.6 Å². The molecule has 0 radical (unpaired) electrons. The first-order chi connectivity index (χ1) is 12.1. The molecule has 0 bridgehead atoms. The summed E-state index contributed by atoms with van der Waals surface area (Å²) in [5, 5.41) is 4.19. The Balaban J connectivity index is 1.66. The van der Waals surface area contributed by atoms with Crippen molar-refractivity contribution in [3.05, 3.63) is 53.9 Å². The summed E-state index contributed by atoms with van der Waals surface area (Å²) >= 11 is 0. The van der Waals surface area contributed by atoms with E-state index < -0.39 is 0 Å². The highest BCUT2D eigenvalue weighted by atomic mass is 16.2. The summed E-state index contributed by atoms with van der Waals surface area (Å²) < 4.78 is 1.83. The molecule has 5 heteroatoms. The number of aryl methyl sites for hydroxylation is 1. The van der Waals surface area contributed by atoms with Gasteiger partial charge >= 0.3 is 0 Å². The van der Waals surface area contributed by atoms with E-state index in [9.17, 15) is 4.79 Å². The van der Waals surface area contributed by atoms with E-state index in [1.807, 2.05) is 16.9 Å². The molecule has 1 amide bonds. The van der Waals surface area contributed by atoms with Gasteiger partial charge in [0, 0.05) is 38.4 Å². The number of carbonyl (C=O) groups is 1. The minimum absolute atomic E-state index is 0.215. The number of rotatable bonds is 6. The van der Waals surface area contributed by atoms with E-state index in [0.717, 1.165) is 25.9 Å². The fraction of sp³-hybridized carbons (Fsp3) is 0.500. The first-order valence-corrected chi connectivity index (χ1v) is 9.14. The van der Waals surface area contributed by atoms with E-state index in [2.05, 4.69) is 53.3 Å². The Hall–Kier alpha value is -2.14. The molecule has 25 heavy (non-hydrogen) atoms. The van der Waals surface area contributed by atoms with Crippen LogP contribution in [0.1, 0.15) is 42.9 Å². The molecule has 1 fully saturated rings. The van der Waals surface area contributed by atoms with Crippen LogP contribution in [0, 0.1) is 0 Å². The van der Waals surface area contributed by atoms with Crippen LogP contribution in [0.2, 0.25) is 0 Å². The highest BCUT2D eigenvalue weighted by molar-refractivity contribution is 5.76. The van der Waals surface area contributed by atoms with Crippen molar-refractivity contribution < 1.29 is 4.79 Å². The highest BCUT2D eigenvalue weighted by Crippen LogP contribution is 2.31. The molecule has 1 atom stereocenters. The van der Waals surface area contributed by atoms with Gasteiger partial charge < -0.3 is 9.80 Å². The predicted octanol–water partition coefficient (Wildman–Crippen LogP) is 3.09. The lowest BCUT2D eigenvalue weighted by molar-refractivity contribution is -0.135. The molecule has 2 heterocycles. The third-order valence-electron chi connectivity index (χ3n) is 4.80. The Labute approximate surface area is 150 Å². The quantitative estimate of drug-likeness (QED) is 0.811. The minimum Gasteiger partial charge on any atom is -0.336 e. The third-order valence-corrected chi connectivity index (χ3v) is 4.80. The fourth-order valence-corrected chi connectivity index (χ4v) is 3.57. The predicted molar refractivity (Wildman–Crippen MR) is 99.0 cm³/mol. The fourth-order valence-electron chi connectivity index (χ4n) is 3.57. The second kappa shape index (κ2) is 8.30. The van der Waals surface area contributed by atoms with Crippen LogP contribution in [-0.2, 0) is 17.9 Å². The van der Waals surface area contributed by atoms with Gasteiger partial charge in [-0.2, -0.15) is 5.10 Å². The molecule has 2 aromatic rings. The molecule has 1 aromatic heterocycles. The van der Waals surface area contributed by atoms with Crippen LogP contribution in [-0.4, -0.2) is 46.1 Å². The lowest BCUT2D eigenvalue weighted by Gasteiger charge is -2.36. The number of amides is 1. The van der Waals surface area contributed by atoms with E-state index in [-0.39, 0.29) is 11.9 Å². The molecule has 5 nitrogen and oxygen atoms in total. The van der Waals surface area contributed by atoms with Crippen LogP contribution >= 0.6 is 0 Å². The van der Waals surface area contributed by atoms with Crippen LogP contribution in [0.15, 0.2) is 42.7 Å². The Morgan fingerprint density at radius 3 is 2.72 bits per heavy atom. The average Bonchev–Trinajstić information content (AvgIpc) is 3.13. The molecular weight excluding hydrogens is 312 g/mol. The van der Waals surface area contributed by atoms with Gasteiger partial charge in [0.2, 0.25) is 5.91 Å². The van der Waals surface area contributed by atoms with Crippen LogP contribution in [0.5, 0.6) is 0 Å². The zero-order chi connectivity index (χ0) is 17.6. The number of hydrogen-bond acceptors (Lipinski definition) is 3. The van der Waals surface area contributed by atoms with Gasteiger partial charge in [0.25, 0.3) is 0 Å². The smallest absolute Gasteiger partial charge is 0.224 e. The Kier molecular flexibility index (Phi) is 5.87. The number of carbonyl (C=O) groups excluding carboxylic acids is 1. The molecule has 1 aliphatic heterocycles. The molecule has 0 N–H and O–H groups in total. The molecule has 0 saturated carbocycles. The number of piperidine rings is 1. The van der Waals surface area contributed by atoms with Crippen molar-refractivity contribution >= 4 is 5.91 Å². The van der Waals surface area contributed by atoms with Gasteiger partial charge in [0.05, 0.1) is 6.04 Å². The Bertz CT molecular complexity index is 664. The van der Waals surface area contributed by atoms with E-state index in [4.69, 9.17) is 0 Å². The standard InChI is InChI=1S/C20H28N4O/c1-22(2)16-17-7-9-18(10-8-17)19-6-3-4-14-24(19)20(25)11-15-23-13-5-12-21-23/h5,7-10,12-13,19H,3-4,6,11,14-16H2,1-2H3. The molecule has 1 aliphatic rings. The number of benzene rings is 1. The molecule has 134 valence electrons. The topological polar surface area (TPSA) is 41.4 Å². The van der Waals surface area contributed by atoms with Crippen LogP contribution in [0.3, 0.4) is 0 Å². The zero-order valence-corrected chi connectivity index (χ0v) is 15.3. The van der Waals surface area contributed by atoms with E-state index in [1.54, 1.807) is 6.20 Å². The molecule has 0 aliphatic carbocycles. The summed E-state index contributed by atoms with van der Waals surface area (Å²) in [7, 11) is 4.16. The molecule has 1 unspecified atom stereocenters. The van der Waals surface area contributed by atoms with Crippen molar-refractivity contribution in [1.29, 1.82) is 0 Å². The van der Waals surface area contributed by atoms with Gasteiger partial charge in [-0.25, -0.2) is 0 Å². The van der Waals surface area contributed by atoms with Crippen molar-refractivity contribution in [3.8, 4) is 0 Å². The first kappa shape index (κ1) is 17.7.